The molecule has 7 heteroatoms. The largest absolute Gasteiger partial charge is 0.347 e. The molecule has 4 N–H and O–H groups in total. The number of rotatable bonds is 9. The normalized spacial score (nSPS) is 16.6. The van der Waals surface area contributed by atoms with E-state index >= 15 is 0 Å². The fourth-order valence-electron chi connectivity index (χ4n) is 4.48. The van der Waals surface area contributed by atoms with Gasteiger partial charge in [0.25, 0.3) is 5.89 Å². The number of fused-ring (bicyclic) bond motifs is 1. The van der Waals surface area contributed by atoms with Crippen LogP contribution < -0.4 is 11.5 Å². The Morgan fingerprint density at radius 1 is 1.17 bits per heavy atom. The van der Waals surface area contributed by atoms with Crippen LogP contribution in [0.25, 0.3) is 22.3 Å². The lowest BCUT2D eigenvalue weighted by Crippen LogP contribution is -2.35. The fraction of sp³-hybridized carbons (Fsp3) is 0.522. The predicted molar refractivity (Wildman–Crippen MR) is 119 cm³/mol. The Morgan fingerprint density at radius 3 is 2.80 bits per heavy atom. The van der Waals surface area contributed by atoms with Crippen LogP contribution >= 0.6 is 0 Å². The maximum atomic E-state index is 5.83. The first-order valence-corrected chi connectivity index (χ1v) is 11.3. The van der Waals surface area contributed by atoms with Crippen molar-refractivity contribution >= 4 is 16.9 Å². The second kappa shape index (κ2) is 9.32. The third-order valence-corrected chi connectivity index (χ3v) is 6.09. The van der Waals surface area contributed by atoms with Crippen molar-refractivity contribution in [3.05, 3.63) is 36.4 Å². The molecule has 1 aliphatic rings. The Labute approximate surface area is 177 Å². The summed E-state index contributed by atoms with van der Waals surface area (Å²) in [6, 6.07) is 8.41. The molecule has 7 nitrogen and oxygen atoms in total. The topological polar surface area (TPSA) is 98.9 Å². The molecule has 0 bridgehead atoms. The first-order chi connectivity index (χ1) is 14.7. The van der Waals surface area contributed by atoms with Gasteiger partial charge in [0.1, 0.15) is 0 Å². The van der Waals surface area contributed by atoms with Gasteiger partial charge in [-0.3, -0.25) is 16.0 Å². The molecule has 30 heavy (non-hydrogen) atoms. The first-order valence-electron chi connectivity index (χ1n) is 11.3. The molecule has 160 valence electrons. The second-order valence-corrected chi connectivity index (χ2v) is 8.25. The number of unbranched alkanes of at least 4 members (excludes halogenated alkanes) is 5. The lowest BCUT2D eigenvalue weighted by molar-refractivity contribution is -0.555. The molecule has 3 heterocycles. The van der Waals surface area contributed by atoms with E-state index in [1.54, 1.807) is 0 Å². The van der Waals surface area contributed by atoms with Crippen LogP contribution in [0.1, 0.15) is 70.2 Å². The molecule has 3 aromatic rings. The number of benzene rings is 1. The van der Waals surface area contributed by atoms with Gasteiger partial charge in [-0.1, -0.05) is 62.4 Å². The molecule has 0 amide bonds. The highest BCUT2D eigenvalue weighted by Gasteiger charge is 2.31. The van der Waals surface area contributed by atoms with E-state index in [0.717, 1.165) is 36.9 Å². The van der Waals surface area contributed by atoms with Crippen molar-refractivity contribution in [2.45, 2.75) is 70.9 Å². The number of aromatic nitrogens is 3. The molecule has 1 aliphatic heterocycles. The third kappa shape index (κ3) is 4.20. The van der Waals surface area contributed by atoms with Gasteiger partial charge < -0.3 is 9.09 Å². The van der Waals surface area contributed by atoms with Crippen molar-refractivity contribution in [2.24, 2.45) is 11.5 Å². The summed E-state index contributed by atoms with van der Waals surface area (Å²) in [5, 5.41) is 5.46. The van der Waals surface area contributed by atoms with E-state index in [1.807, 2.05) is 4.58 Å². The zero-order valence-corrected chi connectivity index (χ0v) is 17.9. The Balaban J connectivity index is 1.55. The quantitative estimate of drug-likeness (QED) is 0.314. The van der Waals surface area contributed by atoms with Crippen molar-refractivity contribution in [2.75, 3.05) is 6.54 Å². The summed E-state index contributed by atoms with van der Waals surface area (Å²) in [7, 11) is 0. The monoisotopic (exact) mass is 409 g/mol. The van der Waals surface area contributed by atoms with Crippen LogP contribution in [0.4, 0.5) is 0 Å². The molecule has 1 fully saturated rings. The van der Waals surface area contributed by atoms with Gasteiger partial charge in [-0.25, -0.2) is 0 Å². The summed E-state index contributed by atoms with van der Waals surface area (Å²) in [6.45, 7) is 4.08. The van der Waals surface area contributed by atoms with Crippen molar-refractivity contribution in [3.63, 3.8) is 0 Å². The molecule has 0 radical (unpaired) electrons. The number of nitrogens with zero attached hydrogens (tertiary/aromatic N) is 4. The zero-order valence-electron chi connectivity index (χ0n) is 17.9. The average molecular weight is 410 g/mol. The van der Waals surface area contributed by atoms with E-state index in [9.17, 15) is 0 Å². The van der Waals surface area contributed by atoms with E-state index in [2.05, 4.69) is 47.1 Å². The van der Waals surface area contributed by atoms with Crippen molar-refractivity contribution in [1.29, 1.82) is 0 Å². The smallest absolute Gasteiger partial charge is 0.341 e. The Hall–Kier alpha value is -2.83. The standard InChI is InChI=1S/C23H32N6O/c1-2-3-4-5-6-9-14-28-16-18(17-11-7-8-12-19(17)28)21-26-22(30-27-21)20-13-10-15-29(20)23(24)25/h7-8,11-12,16,20H,2-6,9-10,13-15H2,1H3,(H3,24,25)/p+1/t20-/m0/s1. The molecule has 0 spiro atoms. The number of nitrogens with two attached hydrogens (primary N) is 2. The minimum Gasteiger partial charge on any atom is -0.347 e. The van der Waals surface area contributed by atoms with Gasteiger partial charge in [0.15, 0.2) is 6.04 Å². The van der Waals surface area contributed by atoms with E-state index in [4.69, 9.17) is 21.0 Å². The van der Waals surface area contributed by atoms with Crippen LogP contribution in [0, 0.1) is 0 Å². The molecular formula is C23H33N6O+. The lowest BCUT2D eigenvalue weighted by atomic mass is 10.1. The number of hydrogen-bond acceptors (Lipinski definition) is 3. The minimum absolute atomic E-state index is 0.0345. The van der Waals surface area contributed by atoms with E-state index in [1.165, 1.54) is 44.0 Å². The number of guanidine groups is 1. The zero-order chi connectivity index (χ0) is 20.9. The highest BCUT2D eigenvalue weighted by molar-refractivity contribution is 5.94. The maximum absolute atomic E-state index is 5.83. The van der Waals surface area contributed by atoms with E-state index in [0.29, 0.717) is 17.7 Å². The van der Waals surface area contributed by atoms with Gasteiger partial charge in [0.05, 0.1) is 6.54 Å². The van der Waals surface area contributed by atoms with Gasteiger partial charge in [0.2, 0.25) is 5.82 Å². The third-order valence-electron chi connectivity index (χ3n) is 6.09. The van der Waals surface area contributed by atoms with Crippen molar-refractivity contribution in [3.8, 4) is 11.4 Å². The number of hydrogen-bond donors (Lipinski definition) is 2. The van der Waals surface area contributed by atoms with Crippen molar-refractivity contribution < 1.29 is 9.10 Å². The fourth-order valence-corrected chi connectivity index (χ4v) is 4.48. The summed E-state index contributed by atoms with van der Waals surface area (Å²) in [4.78, 5) is 4.73. The van der Waals surface area contributed by atoms with E-state index < -0.39 is 0 Å². The Kier molecular flexibility index (Phi) is 6.35. The van der Waals surface area contributed by atoms with Crippen molar-refractivity contribution in [1.82, 2.24) is 14.7 Å². The first kappa shape index (κ1) is 20.4. The van der Waals surface area contributed by atoms with Crippen LogP contribution in [0.15, 0.2) is 35.0 Å². The number of aryl methyl sites for hydroxylation is 1. The summed E-state index contributed by atoms with van der Waals surface area (Å²) >= 11 is 0. The number of para-hydroxylation sites is 1. The summed E-state index contributed by atoms with van der Waals surface area (Å²) in [5.41, 5.74) is 13.9. The highest BCUT2D eigenvalue weighted by Crippen LogP contribution is 2.32. The second-order valence-electron chi connectivity index (χ2n) is 8.25. The Bertz CT molecular complexity index is 1010. The van der Waals surface area contributed by atoms with Crippen LogP contribution in [0.3, 0.4) is 0 Å². The maximum Gasteiger partial charge on any atom is 0.341 e. The summed E-state index contributed by atoms with van der Waals surface area (Å²) < 4.78 is 9.91. The van der Waals surface area contributed by atoms with Crippen LogP contribution in [0.2, 0.25) is 0 Å². The van der Waals surface area contributed by atoms with Crippen LogP contribution in [-0.4, -0.2) is 31.8 Å². The minimum atomic E-state index is -0.0345. The van der Waals surface area contributed by atoms with Gasteiger partial charge in [-0.15, -0.1) is 0 Å². The molecule has 0 saturated carbocycles. The summed E-state index contributed by atoms with van der Waals surface area (Å²) in [5.74, 6) is 1.53. The predicted octanol–water partition coefficient (Wildman–Crippen LogP) is 4.17. The van der Waals surface area contributed by atoms with Crippen LogP contribution in [-0.2, 0) is 6.54 Å². The van der Waals surface area contributed by atoms with Gasteiger partial charge in [-0.05, 0) is 25.3 Å². The van der Waals surface area contributed by atoms with Crippen LogP contribution in [0.5, 0.6) is 0 Å². The molecule has 0 unspecified atom stereocenters. The molecule has 4 rings (SSSR count). The Morgan fingerprint density at radius 2 is 1.97 bits per heavy atom. The summed E-state index contributed by atoms with van der Waals surface area (Å²) in [6.07, 6.45) is 11.8. The SMILES string of the molecule is CCCCCCCCn1cc(-c2noc([C@@H]3CCC[N+]3=C(N)N)n2)c2ccccc21. The van der Waals surface area contributed by atoms with Gasteiger partial charge in [-0.2, -0.15) is 4.98 Å². The molecule has 1 atom stereocenters. The molecule has 1 aromatic carbocycles. The molecule has 1 saturated heterocycles. The molecule has 0 aliphatic carbocycles. The lowest BCUT2D eigenvalue weighted by Gasteiger charge is -2.06. The highest BCUT2D eigenvalue weighted by atomic mass is 16.5. The van der Waals surface area contributed by atoms with Gasteiger partial charge >= 0.3 is 5.96 Å². The molecule has 2 aromatic heterocycles. The average Bonchev–Trinajstić information content (AvgIpc) is 3.48. The van der Waals surface area contributed by atoms with E-state index in [-0.39, 0.29) is 6.04 Å². The van der Waals surface area contributed by atoms with Gasteiger partial charge in [0, 0.05) is 29.2 Å². The molecular weight excluding hydrogens is 376 g/mol.